The Labute approximate surface area is 108 Å². The Hall–Kier alpha value is -1.56. The first-order chi connectivity index (χ1) is 8.69. The normalized spacial score (nSPS) is 20.7. The number of anilines is 2. The molecule has 2 heterocycles. The maximum Gasteiger partial charge on any atom is 0.225 e. The van der Waals surface area contributed by atoms with Crippen molar-refractivity contribution >= 4 is 11.8 Å². The number of methoxy groups -OCH3 is 1. The SMILES string of the molecule is COc1cc(NCC2CCCCN2C)nc(N)n1. The number of piperidine rings is 1. The topological polar surface area (TPSA) is 76.3 Å². The molecule has 0 amide bonds. The van der Waals surface area contributed by atoms with Crippen LogP contribution in [-0.2, 0) is 0 Å². The van der Waals surface area contributed by atoms with E-state index in [4.69, 9.17) is 10.5 Å². The minimum absolute atomic E-state index is 0.230. The van der Waals surface area contributed by atoms with E-state index >= 15 is 0 Å². The highest BCUT2D eigenvalue weighted by Crippen LogP contribution is 2.17. The van der Waals surface area contributed by atoms with Crippen molar-refractivity contribution in [1.29, 1.82) is 0 Å². The van der Waals surface area contributed by atoms with Crippen LogP contribution >= 0.6 is 0 Å². The second-order valence-corrected chi connectivity index (χ2v) is 4.66. The van der Waals surface area contributed by atoms with E-state index in [9.17, 15) is 0 Å². The van der Waals surface area contributed by atoms with E-state index in [1.807, 2.05) is 0 Å². The molecule has 0 radical (unpaired) electrons. The van der Waals surface area contributed by atoms with E-state index in [2.05, 4.69) is 27.2 Å². The fourth-order valence-corrected chi connectivity index (χ4v) is 2.26. The number of rotatable bonds is 4. The van der Waals surface area contributed by atoms with Crippen LogP contribution in [0.25, 0.3) is 0 Å². The highest BCUT2D eigenvalue weighted by Gasteiger charge is 2.18. The summed E-state index contributed by atoms with van der Waals surface area (Å²) in [6.07, 6.45) is 3.81. The molecule has 0 bridgehead atoms. The largest absolute Gasteiger partial charge is 0.481 e. The Bertz CT molecular complexity index is 398. The summed E-state index contributed by atoms with van der Waals surface area (Å²) in [4.78, 5) is 10.5. The summed E-state index contributed by atoms with van der Waals surface area (Å²) in [5, 5.41) is 3.31. The minimum atomic E-state index is 0.230. The van der Waals surface area contributed by atoms with E-state index in [1.54, 1.807) is 13.2 Å². The summed E-state index contributed by atoms with van der Waals surface area (Å²) in [5.41, 5.74) is 5.62. The monoisotopic (exact) mass is 251 g/mol. The fraction of sp³-hybridized carbons (Fsp3) is 0.667. The molecule has 18 heavy (non-hydrogen) atoms. The lowest BCUT2D eigenvalue weighted by atomic mass is 10.0. The van der Waals surface area contributed by atoms with Gasteiger partial charge in [0.05, 0.1) is 7.11 Å². The van der Waals surface area contributed by atoms with E-state index in [0.717, 1.165) is 12.4 Å². The molecule has 3 N–H and O–H groups in total. The first-order valence-electron chi connectivity index (χ1n) is 6.31. The standard InChI is InChI=1S/C12H21N5O/c1-17-6-4-3-5-9(17)8-14-10-7-11(18-2)16-12(13)15-10/h7,9H,3-6,8H2,1-2H3,(H3,13,14,15,16). The third kappa shape index (κ3) is 3.22. The highest BCUT2D eigenvalue weighted by atomic mass is 16.5. The second kappa shape index (κ2) is 5.86. The Morgan fingerprint density at radius 1 is 1.50 bits per heavy atom. The minimum Gasteiger partial charge on any atom is -0.481 e. The summed E-state index contributed by atoms with van der Waals surface area (Å²) in [6, 6.07) is 2.32. The van der Waals surface area contributed by atoms with Gasteiger partial charge in [0.25, 0.3) is 0 Å². The van der Waals surface area contributed by atoms with Crippen LogP contribution in [0.4, 0.5) is 11.8 Å². The number of hydrogen-bond acceptors (Lipinski definition) is 6. The summed E-state index contributed by atoms with van der Waals surface area (Å²) in [7, 11) is 3.74. The molecule has 1 atom stereocenters. The van der Waals surface area contributed by atoms with Gasteiger partial charge in [-0.1, -0.05) is 6.42 Å². The zero-order valence-corrected chi connectivity index (χ0v) is 11.0. The maximum absolute atomic E-state index is 5.62. The molecule has 1 unspecified atom stereocenters. The van der Waals surface area contributed by atoms with Gasteiger partial charge in [-0.15, -0.1) is 0 Å². The zero-order chi connectivity index (χ0) is 13.0. The van der Waals surface area contributed by atoms with Gasteiger partial charge in [-0.2, -0.15) is 9.97 Å². The predicted molar refractivity (Wildman–Crippen MR) is 71.8 cm³/mol. The number of hydrogen-bond donors (Lipinski definition) is 2. The molecule has 1 fully saturated rings. The predicted octanol–water partition coefficient (Wildman–Crippen LogP) is 0.964. The molecule has 0 aliphatic carbocycles. The van der Waals surface area contributed by atoms with Crippen molar-refractivity contribution in [3.63, 3.8) is 0 Å². The number of nitrogens with one attached hydrogen (secondary N) is 1. The van der Waals surface area contributed by atoms with Crippen LogP contribution < -0.4 is 15.8 Å². The number of nitrogens with zero attached hydrogens (tertiary/aromatic N) is 3. The molecule has 1 aromatic heterocycles. The number of likely N-dealkylation sites (N-methyl/N-ethyl adjacent to an activating group) is 1. The smallest absolute Gasteiger partial charge is 0.225 e. The van der Waals surface area contributed by atoms with Gasteiger partial charge in [0.1, 0.15) is 5.82 Å². The molecule has 2 rings (SSSR count). The molecule has 6 heteroatoms. The molecule has 1 aliphatic rings. The van der Waals surface area contributed by atoms with Crippen molar-refractivity contribution < 1.29 is 4.74 Å². The molecule has 0 saturated carbocycles. The summed E-state index contributed by atoms with van der Waals surface area (Å²) < 4.78 is 5.07. The number of likely N-dealkylation sites (tertiary alicyclic amines) is 1. The van der Waals surface area contributed by atoms with Gasteiger partial charge in [-0.3, -0.25) is 0 Å². The Morgan fingerprint density at radius 3 is 3.06 bits per heavy atom. The Balaban J connectivity index is 1.94. The number of aromatic nitrogens is 2. The highest BCUT2D eigenvalue weighted by molar-refractivity contribution is 5.42. The number of ether oxygens (including phenoxy) is 1. The molecular weight excluding hydrogens is 230 g/mol. The summed E-state index contributed by atoms with van der Waals surface area (Å²) in [5.74, 6) is 1.44. The van der Waals surface area contributed by atoms with E-state index in [-0.39, 0.29) is 5.95 Å². The summed E-state index contributed by atoms with van der Waals surface area (Å²) >= 11 is 0. The lowest BCUT2D eigenvalue weighted by Gasteiger charge is -2.32. The van der Waals surface area contributed by atoms with E-state index in [1.165, 1.54) is 25.8 Å². The quantitative estimate of drug-likeness (QED) is 0.830. The lowest BCUT2D eigenvalue weighted by molar-refractivity contribution is 0.194. The molecule has 0 aromatic carbocycles. The van der Waals surface area contributed by atoms with Crippen LogP contribution in [0.3, 0.4) is 0 Å². The van der Waals surface area contributed by atoms with Crippen LogP contribution in [0.5, 0.6) is 5.88 Å². The van der Waals surface area contributed by atoms with Crippen molar-refractivity contribution in [2.45, 2.75) is 25.3 Å². The van der Waals surface area contributed by atoms with Gasteiger partial charge in [-0.25, -0.2) is 0 Å². The van der Waals surface area contributed by atoms with E-state index in [0.29, 0.717) is 11.9 Å². The molecule has 0 spiro atoms. The van der Waals surface area contributed by atoms with Gasteiger partial charge < -0.3 is 20.7 Å². The second-order valence-electron chi connectivity index (χ2n) is 4.66. The van der Waals surface area contributed by atoms with Gasteiger partial charge >= 0.3 is 0 Å². The Morgan fingerprint density at radius 2 is 2.33 bits per heavy atom. The molecule has 1 saturated heterocycles. The van der Waals surface area contributed by atoms with E-state index < -0.39 is 0 Å². The van der Waals surface area contributed by atoms with Crippen LogP contribution in [0, 0.1) is 0 Å². The van der Waals surface area contributed by atoms with Crippen molar-refractivity contribution in [1.82, 2.24) is 14.9 Å². The van der Waals surface area contributed by atoms with Crippen molar-refractivity contribution in [3.8, 4) is 5.88 Å². The zero-order valence-electron chi connectivity index (χ0n) is 11.0. The Kier molecular flexibility index (Phi) is 4.19. The van der Waals surface area contributed by atoms with Gasteiger partial charge in [0.2, 0.25) is 11.8 Å². The van der Waals surface area contributed by atoms with Crippen molar-refractivity contribution in [2.24, 2.45) is 0 Å². The maximum atomic E-state index is 5.62. The van der Waals surface area contributed by atoms with Crippen molar-refractivity contribution in [3.05, 3.63) is 6.07 Å². The van der Waals surface area contributed by atoms with Crippen LogP contribution in [-0.4, -0.2) is 48.2 Å². The van der Waals surface area contributed by atoms with Crippen molar-refractivity contribution in [2.75, 3.05) is 38.3 Å². The molecule has 100 valence electrons. The lowest BCUT2D eigenvalue weighted by Crippen LogP contribution is -2.40. The van der Waals surface area contributed by atoms with Gasteiger partial charge in [0, 0.05) is 18.7 Å². The van der Waals surface area contributed by atoms with Crippen LogP contribution in [0.2, 0.25) is 0 Å². The average molecular weight is 251 g/mol. The first-order valence-corrected chi connectivity index (χ1v) is 6.31. The fourth-order valence-electron chi connectivity index (χ4n) is 2.26. The molecule has 6 nitrogen and oxygen atoms in total. The summed E-state index contributed by atoms with van der Waals surface area (Å²) in [6.45, 7) is 2.04. The van der Waals surface area contributed by atoms with Gasteiger partial charge in [-0.05, 0) is 26.4 Å². The molecule has 1 aliphatic heterocycles. The number of nitrogen functional groups attached to an aromatic ring is 1. The average Bonchev–Trinajstić information content (AvgIpc) is 2.37. The first kappa shape index (κ1) is 12.9. The van der Waals surface area contributed by atoms with Crippen LogP contribution in [0.15, 0.2) is 6.07 Å². The third-order valence-corrected chi connectivity index (χ3v) is 3.37. The molecule has 1 aromatic rings. The third-order valence-electron chi connectivity index (χ3n) is 3.37. The van der Waals surface area contributed by atoms with Gasteiger partial charge in [0.15, 0.2) is 0 Å². The number of nitrogens with two attached hydrogens (primary N) is 1. The van der Waals surface area contributed by atoms with Crippen LogP contribution in [0.1, 0.15) is 19.3 Å². The molecular formula is C12H21N5O.